The number of anilines is 1. The van der Waals surface area contributed by atoms with Gasteiger partial charge in [-0.1, -0.05) is 30.3 Å². The number of aromatic nitrogens is 7. The van der Waals surface area contributed by atoms with E-state index in [1.54, 1.807) is 37.1 Å². The van der Waals surface area contributed by atoms with Crippen molar-refractivity contribution in [2.75, 3.05) is 5.32 Å². The number of aromatic amines is 2. The van der Waals surface area contributed by atoms with E-state index < -0.39 is 5.82 Å². The highest BCUT2D eigenvalue weighted by Gasteiger charge is 2.18. The minimum atomic E-state index is -0.492. The maximum absolute atomic E-state index is 15.3. The number of rotatable bonds is 6. The number of pyridine rings is 3. The first-order valence-corrected chi connectivity index (χ1v) is 12.8. The van der Waals surface area contributed by atoms with Crippen LogP contribution in [0, 0.1) is 5.82 Å². The fourth-order valence-corrected chi connectivity index (χ4v) is 4.85. The minimum absolute atomic E-state index is 0.167. The molecule has 0 spiro atoms. The first kappa shape index (κ1) is 24.3. The Balaban J connectivity index is 1.24. The zero-order chi connectivity index (χ0) is 27.8. The second-order valence-electron chi connectivity index (χ2n) is 9.50. The number of carbonyl (C=O) groups excluding carboxylic acids is 1. The molecule has 7 aromatic rings. The van der Waals surface area contributed by atoms with E-state index in [9.17, 15) is 4.79 Å². The molecule has 9 nitrogen and oxygen atoms in total. The lowest BCUT2D eigenvalue weighted by molar-refractivity contribution is -0.115. The van der Waals surface area contributed by atoms with Crippen molar-refractivity contribution < 1.29 is 9.18 Å². The topological polar surface area (TPSA) is 125 Å². The molecule has 7 rings (SSSR count). The van der Waals surface area contributed by atoms with E-state index in [0.29, 0.717) is 44.9 Å². The van der Waals surface area contributed by atoms with Gasteiger partial charge in [-0.3, -0.25) is 24.8 Å². The number of imidazole rings is 1. The van der Waals surface area contributed by atoms with Gasteiger partial charge in [-0.15, -0.1) is 0 Å². The van der Waals surface area contributed by atoms with E-state index in [0.717, 1.165) is 16.6 Å². The Labute approximate surface area is 232 Å². The van der Waals surface area contributed by atoms with E-state index in [2.05, 4.69) is 35.5 Å². The number of hydrogen-bond donors (Lipinski definition) is 3. The molecule has 0 radical (unpaired) electrons. The summed E-state index contributed by atoms with van der Waals surface area (Å²) < 4.78 is 15.3. The zero-order valence-corrected chi connectivity index (χ0v) is 21.5. The molecule has 41 heavy (non-hydrogen) atoms. The van der Waals surface area contributed by atoms with Crippen LogP contribution >= 0.6 is 0 Å². The van der Waals surface area contributed by atoms with Crippen molar-refractivity contribution in [2.24, 2.45) is 0 Å². The van der Waals surface area contributed by atoms with Gasteiger partial charge < -0.3 is 10.3 Å². The quantitative estimate of drug-likeness (QED) is 0.240. The van der Waals surface area contributed by atoms with Gasteiger partial charge in [0, 0.05) is 41.3 Å². The Morgan fingerprint density at radius 1 is 0.854 bits per heavy atom. The summed E-state index contributed by atoms with van der Waals surface area (Å²) >= 11 is 0. The first-order chi connectivity index (χ1) is 20.1. The van der Waals surface area contributed by atoms with Crippen LogP contribution in [-0.4, -0.2) is 41.0 Å². The van der Waals surface area contributed by atoms with Crippen molar-refractivity contribution in [2.45, 2.75) is 6.42 Å². The monoisotopic (exact) mass is 540 g/mol. The summed E-state index contributed by atoms with van der Waals surface area (Å²) in [5, 5.41) is 10.6. The largest absolute Gasteiger partial charge is 0.337 e. The number of benzene rings is 2. The lowest BCUT2D eigenvalue weighted by Crippen LogP contribution is -2.14. The summed E-state index contributed by atoms with van der Waals surface area (Å²) in [7, 11) is 0. The van der Waals surface area contributed by atoms with Gasteiger partial charge in [0.2, 0.25) is 5.91 Å². The van der Waals surface area contributed by atoms with Crippen LogP contribution in [0.5, 0.6) is 0 Å². The van der Waals surface area contributed by atoms with Gasteiger partial charge in [0.25, 0.3) is 0 Å². The molecule has 0 aliphatic carbocycles. The van der Waals surface area contributed by atoms with Crippen LogP contribution in [0.2, 0.25) is 0 Å². The fraction of sp³-hybridized carbons (Fsp3) is 0.0323. The summed E-state index contributed by atoms with van der Waals surface area (Å²) in [5.74, 6) is -0.157. The Morgan fingerprint density at radius 3 is 2.56 bits per heavy atom. The Hall–Kier alpha value is -5.77. The number of H-pyrrole nitrogens is 2. The second-order valence-corrected chi connectivity index (χ2v) is 9.50. The summed E-state index contributed by atoms with van der Waals surface area (Å²) in [6, 6.07) is 20.1. The Morgan fingerprint density at radius 2 is 1.71 bits per heavy atom. The van der Waals surface area contributed by atoms with Crippen LogP contribution in [0.25, 0.3) is 55.8 Å². The Kier molecular flexibility index (Phi) is 5.97. The summed E-state index contributed by atoms with van der Waals surface area (Å²) in [4.78, 5) is 33.6. The number of fused-ring (bicyclic) bond motifs is 2. The highest BCUT2D eigenvalue weighted by Crippen LogP contribution is 2.34. The van der Waals surface area contributed by atoms with Crippen LogP contribution < -0.4 is 5.32 Å². The van der Waals surface area contributed by atoms with Gasteiger partial charge in [-0.05, 0) is 47.5 Å². The molecule has 0 unspecified atom stereocenters. The highest BCUT2D eigenvalue weighted by molar-refractivity contribution is 5.98. The van der Waals surface area contributed by atoms with Crippen molar-refractivity contribution in [1.29, 1.82) is 0 Å². The van der Waals surface area contributed by atoms with Gasteiger partial charge in [0.05, 0.1) is 29.5 Å². The number of nitrogens with zero attached hydrogens (tertiary/aromatic N) is 5. The van der Waals surface area contributed by atoms with Crippen LogP contribution in [-0.2, 0) is 11.2 Å². The van der Waals surface area contributed by atoms with Gasteiger partial charge in [-0.2, -0.15) is 5.10 Å². The molecule has 3 N–H and O–H groups in total. The van der Waals surface area contributed by atoms with Gasteiger partial charge >= 0.3 is 0 Å². The maximum Gasteiger partial charge on any atom is 0.228 e. The smallest absolute Gasteiger partial charge is 0.228 e. The molecule has 0 bridgehead atoms. The predicted molar refractivity (Wildman–Crippen MR) is 154 cm³/mol. The summed E-state index contributed by atoms with van der Waals surface area (Å²) in [5.41, 5.74) is 6.43. The van der Waals surface area contributed by atoms with Crippen LogP contribution in [0.1, 0.15) is 5.56 Å². The predicted octanol–water partition coefficient (Wildman–Crippen LogP) is 5.95. The molecular weight excluding hydrogens is 519 g/mol. The van der Waals surface area contributed by atoms with Crippen LogP contribution in [0.3, 0.4) is 0 Å². The van der Waals surface area contributed by atoms with Gasteiger partial charge in [-0.25, -0.2) is 9.37 Å². The third-order valence-corrected chi connectivity index (χ3v) is 6.77. The second kappa shape index (κ2) is 10.1. The molecule has 0 aliphatic heterocycles. The third kappa shape index (κ3) is 4.67. The van der Waals surface area contributed by atoms with Crippen molar-refractivity contribution in [3.05, 3.63) is 109 Å². The molecule has 1 amide bonds. The lowest BCUT2D eigenvalue weighted by Gasteiger charge is -2.08. The van der Waals surface area contributed by atoms with Gasteiger partial charge in [0.1, 0.15) is 16.7 Å². The number of carbonyl (C=O) groups is 1. The summed E-state index contributed by atoms with van der Waals surface area (Å²) in [6.45, 7) is 0. The normalized spacial score (nSPS) is 11.2. The maximum atomic E-state index is 15.3. The lowest BCUT2D eigenvalue weighted by atomic mass is 10.0. The van der Waals surface area contributed by atoms with E-state index in [1.807, 2.05) is 54.6 Å². The molecule has 0 fully saturated rings. The zero-order valence-electron chi connectivity index (χ0n) is 21.5. The Bertz CT molecular complexity index is 2040. The number of amides is 1. The molecule has 0 atom stereocenters. The van der Waals surface area contributed by atoms with E-state index in [1.165, 1.54) is 6.07 Å². The molecular formula is C31H21FN8O. The highest BCUT2D eigenvalue weighted by atomic mass is 19.1. The third-order valence-electron chi connectivity index (χ3n) is 6.77. The number of halogens is 1. The molecule has 5 aromatic heterocycles. The molecule has 0 saturated carbocycles. The average molecular weight is 541 g/mol. The van der Waals surface area contributed by atoms with Crippen LogP contribution in [0.4, 0.5) is 10.1 Å². The molecule has 198 valence electrons. The van der Waals surface area contributed by atoms with E-state index >= 15 is 4.39 Å². The molecule has 0 saturated heterocycles. The fourth-order valence-electron chi connectivity index (χ4n) is 4.85. The molecule has 5 heterocycles. The van der Waals surface area contributed by atoms with Crippen molar-refractivity contribution in [3.63, 3.8) is 0 Å². The molecule has 2 aromatic carbocycles. The minimum Gasteiger partial charge on any atom is -0.337 e. The number of nitrogens with one attached hydrogen (secondary N) is 3. The standard InChI is InChI=1S/C31H21FN8O/c32-24-15-20(21-13-22(17-34-16-21)36-26(41)12-18-4-2-1-3-5-18)14-23-28(24)39-40-29(23)31-37-25-8-11-35-27(30(25)38-31)19-6-9-33-10-7-19/h1-11,13-17H,12H2,(H,36,41)(H,37,38)(H,39,40). The summed E-state index contributed by atoms with van der Waals surface area (Å²) in [6.07, 6.45) is 8.54. The molecule has 10 heteroatoms. The first-order valence-electron chi connectivity index (χ1n) is 12.8. The number of hydrogen-bond acceptors (Lipinski definition) is 6. The SMILES string of the molecule is O=C(Cc1ccccc1)Nc1cncc(-c2cc(F)c3n[nH]c(-c4nc5c(-c6ccncc6)nccc5[nH]4)c3c2)c1. The van der Waals surface area contributed by atoms with Gasteiger partial charge in [0.15, 0.2) is 11.6 Å². The molecule has 0 aliphatic rings. The van der Waals surface area contributed by atoms with E-state index in [4.69, 9.17) is 4.98 Å². The van der Waals surface area contributed by atoms with Crippen molar-refractivity contribution >= 4 is 33.5 Å². The van der Waals surface area contributed by atoms with Crippen molar-refractivity contribution in [1.82, 2.24) is 35.1 Å². The van der Waals surface area contributed by atoms with E-state index in [-0.39, 0.29) is 17.8 Å². The average Bonchev–Trinajstić information content (AvgIpc) is 3.63. The van der Waals surface area contributed by atoms with Crippen molar-refractivity contribution in [3.8, 4) is 33.9 Å². The van der Waals surface area contributed by atoms with Crippen LogP contribution in [0.15, 0.2) is 97.7 Å².